The average Bonchev–Trinajstić information content (AvgIpc) is 1.82. The summed E-state index contributed by atoms with van der Waals surface area (Å²) >= 11 is 5.47. The highest BCUT2D eigenvalue weighted by atomic mass is 35.5. The molecule has 0 heterocycles. The molecule has 0 aromatic carbocycles. The van der Waals surface area contributed by atoms with Crippen molar-refractivity contribution in [2.75, 3.05) is 0 Å². The summed E-state index contributed by atoms with van der Waals surface area (Å²) in [6.45, 7) is 5.34. The largest absolute Gasteiger partial charge is 0.383 e. The van der Waals surface area contributed by atoms with Crippen LogP contribution in [-0.4, -0.2) is 5.84 Å². The Balaban J connectivity index is 3.92. The van der Waals surface area contributed by atoms with Gasteiger partial charge >= 0.3 is 0 Å². The summed E-state index contributed by atoms with van der Waals surface area (Å²) in [5, 5.41) is 9.75. The highest BCUT2D eigenvalue weighted by Crippen LogP contribution is 1.97. The first-order valence-electron chi connectivity index (χ1n) is 2.66. The van der Waals surface area contributed by atoms with Gasteiger partial charge in [0.25, 0.3) is 0 Å². The predicted octanol–water partition coefficient (Wildman–Crippen LogP) is 1.13. The van der Waals surface area contributed by atoms with Gasteiger partial charge < -0.3 is 11.1 Å². The van der Waals surface area contributed by atoms with Crippen LogP contribution in [0.5, 0.6) is 0 Å². The van der Waals surface area contributed by atoms with E-state index in [1.54, 1.807) is 6.92 Å². The van der Waals surface area contributed by atoms with Gasteiger partial charge in [0.1, 0.15) is 5.84 Å². The van der Waals surface area contributed by atoms with Gasteiger partial charge in [-0.15, -0.1) is 0 Å². The van der Waals surface area contributed by atoms with E-state index in [4.69, 9.17) is 22.7 Å². The molecule has 0 bridgehead atoms. The number of amidine groups is 1. The Morgan fingerprint density at radius 3 is 2.60 bits per heavy atom. The molecule has 0 saturated carbocycles. The number of hydrogen-bond donors (Lipinski definition) is 3. The van der Waals surface area contributed by atoms with Crippen LogP contribution in [0.1, 0.15) is 6.92 Å². The maximum Gasteiger partial charge on any atom is 0.136 e. The third kappa shape index (κ3) is 3.97. The summed E-state index contributed by atoms with van der Waals surface area (Å²) in [5.41, 5.74) is 5.79. The van der Waals surface area contributed by atoms with Gasteiger partial charge in [-0.2, -0.15) is 0 Å². The Morgan fingerprint density at radius 2 is 2.30 bits per heavy atom. The van der Waals surface area contributed by atoms with Gasteiger partial charge in [0.05, 0.1) is 5.03 Å². The Morgan fingerprint density at radius 1 is 1.80 bits per heavy atom. The van der Waals surface area contributed by atoms with E-state index in [0.717, 1.165) is 5.70 Å². The fourth-order valence-corrected chi connectivity index (χ4v) is 0.319. The van der Waals surface area contributed by atoms with Crippen molar-refractivity contribution in [3.05, 3.63) is 23.5 Å². The molecule has 4 N–H and O–H groups in total. The standard InChI is InChI=1S/C6H10ClN3/c1-4(2)10-3-5(7)6(8)9/h3,10H,1H2,2H3,(H3,8,9). The van der Waals surface area contributed by atoms with Crippen LogP contribution in [0.2, 0.25) is 0 Å². The van der Waals surface area contributed by atoms with E-state index >= 15 is 0 Å². The molecule has 0 aliphatic carbocycles. The molecular weight excluding hydrogens is 150 g/mol. The lowest BCUT2D eigenvalue weighted by molar-refractivity contribution is 1.07. The third-order valence-electron chi connectivity index (χ3n) is 0.703. The summed E-state index contributed by atoms with van der Waals surface area (Å²) in [4.78, 5) is 0. The normalized spacial score (nSPS) is 10.8. The monoisotopic (exact) mass is 159 g/mol. The first kappa shape index (κ1) is 9.04. The molecule has 0 aromatic rings. The minimum atomic E-state index is -0.157. The average molecular weight is 160 g/mol. The first-order valence-corrected chi connectivity index (χ1v) is 3.04. The summed E-state index contributed by atoms with van der Waals surface area (Å²) in [5.74, 6) is -0.157. The number of hydrogen-bond acceptors (Lipinski definition) is 2. The van der Waals surface area contributed by atoms with Crippen LogP contribution in [-0.2, 0) is 0 Å². The Kier molecular flexibility index (Phi) is 3.57. The maximum atomic E-state index is 6.85. The van der Waals surface area contributed by atoms with Crippen molar-refractivity contribution >= 4 is 17.4 Å². The zero-order chi connectivity index (χ0) is 8.15. The van der Waals surface area contributed by atoms with E-state index in [9.17, 15) is 0 Å². The third-order valence-corrected chi connectivity index (χ3v) is 1.02. The molecule has 3 nitrogen and oxygen atoms in total. The SMILES string of the molecule is C=C(C)NC=C(Cl)C(=N)N. The molecule has 0 spiro atoms. The summed E-state index contributed by atoms with van der Waals surface area (Å²) in [7, 11) is 0. The number of allylic oxidation sites excluding steroid dienone is 1. The number of rotatable bonds is 3. The van der Waals surface area contributed by atoms with Crippen molar-refractivity contribution in [2.45, 2.75) is 6.92 Å². The first-order chi connectivity index (χ1) is 4.54. The lowest BCUT2D eigenvalue weighted by Gasteiger charge is -1.97. The zero-order valence-corrected chi connectivity index (χ0v) is 6.50. The van der Waals surface area contributed by atoms with Crippen LogP contribution in [0.15, 0.2) is 23.5 Å². The molecule has 0 aliphatic heterocycles. The molecule has 0 fully saturated rings. The summed E-state index contributed by atoms with van der Waals surface area (Å²) < 4.78 is 0. The van der Waals surface area contributed by atoms with E-state index < -0.39 is 0 Å². The van der Waals surface area contributed by atoms with E-state index in [-0.39, 0.29) is 10.9 Å². The number of halogens is 1. The van der Waals surface area contributed by atoms with Crippen molar-refractivity contribution in [1.82, 2.24) is 5.32 Å². The van der Waals surface area contributed by atoms with Gasteiger partial charge in [-0.05, 0) is 6.92 Å². The topological polar surface area (TPSA) is 61.9 Å². The van der Waals surface area contributed by atoms with Gasteiger partial charge in [0.15, 0.2) is 0 Å². The van der Waals surface area contributed by atoms with Crippen molar-refractivity contribution in [3.63, 3.8) is 0 Å². The van der Waals surface area contributed by atoms with E-state index in [1.807, 2.05) is 0 Å². The predicted molar refractivity (Wildman–Crippen MR) is 43.8 cm³/mol. The van der Waals surface area contributed by atoms with E-state index in [2.05, 4.69) is 11.9 Å². The highest BCUT2D eigenvalue weighted by molar-refractivity contribution is 6.42. The van der Waals surface area contributed by atoms with Crippen molar-refractivity contribution in [1.29, 1.82) is 5.41 Å². The van der Waals surface area contributed by atoms with Gasteiger partial charge in [0.2, 0.25) is 0 Å². The molecule has 0 unspecified atom stereocenters. The minimum absolute atomic E-state index is 0.157. The fourth-order valence-electron chi connectivity index (χ4n) is 0.264. The van der Waals surface area contributed by atoms with Gasteiger partial charge in [-0.1, -0.05) is 18.2 Å². The molecule has 0 radical (unpaired) electrons. The van der Waals surface area contributed by atoms with Crippen molar-refractivity contribution < 1.29 is 0 Å². The van der Waals surface area contributed by atoms with Crippen LogP contribution in [0.4, 0.5) is 0 Å². The lowest BCUT2D eigenvalue weighted by atomic mass is 10.5. The second kappa shape index (κ2) is 3.95. The quantitative estimate of drug-likeness (QED) is 0.427. The Bertz CT molecular complexity index is 183. The summed E-state index contributed by atoms with van der Waals surface area (Å²) in [6, 6.07) is 0. The maximum absolute atomic E-state index is 6.85. The van der Waals surface area contributed by atoms with E-state index in [0.29, 0.717) is 0 Å². The van der Waals surface area contributed by atoms with Crippen LogP contribution < -0.4 is 11.1 Å². The van der Waals surface area contributed by atoms with Crippen LogP contribution in [0.3, 0.4) is 0 Å². The van der Waals surface area contributed by atoms with Crippen molar-refractivity contribution in [3.8, 4) is 0 Å². The fraction of sp³-hybridized carbons (Fsp3) is 0.167. The molecule has 0 rings (SSSR count). The Labute approximate surface area is 65.1 Å². The zero-order valence-electron chi connectivity index (χ0n) is 5.74. The second-order valence-electron chi connectivity index (χ2n) is 1.83. The minimum Gasteiger partial charge on any atom is -0.383 e. The van der Waals surface area contributed by atoms with Gasteiger partial charge in [-0.25, -0.2) is 0 Å². The highest BCUT2D eigenvalue weighted by Gasteiger charge is 1.92. The summed E-state index contributed by atoms with van der Waals surface area (Å²) in [6.07, 6.45) is 1.42. The van der Waals surface area contributed by atoms with Crippen LogP contribution >= 0.6 is 11.6 Å². The Hall–Kier alpha value is -0.960. The van der Waals surface area contributed by atoms with Crippen LogP contribution in [0, 0.1) is 5.41 Å². The molecule has 4 heteroatoms. The van der Waals surface area contributed by atoms with Gasteiger partial charge in [-0.3, -0.25) is 5.41 Å². The van der Waals surface area contributed by atoms with Crippen molar-refractivity contribution in [2.24, 2.45) is 5.73 Å². The second-order valence-corrected chi connectivity index (χ2v) is 2.24. The van der Waals surface area contributed by atoms with E-state index in [1.165, 1.54) is 6.20 Å². The molecule has 0 atom stereocenters. The number of nitrogens with two attached hydrogens (primary N) is 1. The molecular formula is C6H10ClN3. The smallest absolute Gasteiger partial charge is 0.136 e. The van der Waals surface area contributed by atoms with Crippen LogP contribution in [0.25, 0.3) is 0 Å². The molecule has 10 heavy (non-hydrogen) atoms. The number of nitrogens with one attached hydrogen (secondary N) is 2. The lowest BCUT2D eigenvalue weighted by Crippen LogP contribution is -2.12. The molecule has 0 aromatic heterocycles. The van der Waals surface area contributed by atoms with Gasteiger partial charge in [0, 0.05) is 11.9 Å². The molecule has 0 amide bonds. The molecule has 0 aliphatic rings. The molecule has 0 saturated heterocycles. The molecule has 56 valence electrons.